The molecule has 1 unspecified atom stereocenters. The fourth-order valence-electron chi connectivity index (χ4n) is 6.41. The highest BCUT2D eigenvalue weighted by Gasteiger charge is 2.36. The fraction of sp³-hybridized carbons (Fsp3) is 0.429. The SMILES string of the molecule is CCOc1cccc(F)c1CN1CCN(C(=O)C(NC(=O)O)C2CCN(CCc3cc(-c4ccccc4)ccc3Cl)CC2)CC1. The number of benzene rings is 3. The highest BCUT2D eigenvalue weighted by atomic mass is 35.5. The van der Waals surface area contributed by atoms with Crippen molar-refractivity contribution in [2.75, 3.05) is 52.4 Å². The van der Waals surface area contributed by atoms with E-state index in [9.17, 15) is 19.1 Å². The summed E-state index contributed by atoms with van der Waals surface area (Å²) in [5.74, 6) is -0.0295. The molecule has 2 amide bonds. The van der Waals surface area contributed by atoms with E-state index in [1.807, 2.05) is 37.3 Å². The van der Waals surface area contributed by atoms with Crippen molar-refractivity contribution in [3.63, 3.8) is 0 Å². The van der Waals surface area contributed by atoms with Gasteiger partial charge in [0.2, 0.25) is 5.91 Å². The van der Waals surface area contributed by atoms with Crippen molar-refractivity contribution in [1.29, 1.82) is 0 Å². The largest absolute Gasteiger partial charge is 0.493 e. The van der Waals surface area contributed by atoms with Gasteiger partial charge in [0, 0.05) is 49.9 Å². The summed E-state index contributed by atoms with van der Waals surface area (Å²) in [4.78, 5) is 31.6. The van der Waals surface area contributed by atoms with Crippen LogP contribution in [-0.4, -0.2) is 90.3 Å². The molecule has 2 aliphatic heterocycles. The van der Waals surface area contributed by atoms with Crippen LogP contribution in [0, 0.1) is 11.7 Å². The van der Waals surface area contributed by atoms with E-state index in [-0.39, 0.29) is 17.6 Å². The Kier molecular flexibility index (Phi) is 11.3. The molecule has 0 saturated carbocycles. The highest BCUT2D eigenvalue weighted by Crippen LogP contribution is 2.28. The van der Waals surface area contributed by atoms with Crippen molar-refractivity contribution in [2.45, 2.75) is 38.8 Å². The number of nitrogens with zero attached hydrogens (tertiary/aromatic N) is 3. The molecule has 45 heavy (non-hydrogen) atoms. The third kappa shape index (κ3) is 8.54. The summed E-state index contributed by atoms with van der Waals surface area (Å²) in [6.07, 6.45) is 1.07. The maximum atomic E-state index is 14.6. The van der Waals surface area contributed by atoms with E-state index in [2.05, 4.69) is 33.3 Å². The van der Waals surface area contributed by atoms with Crippen molar-refractivity contribution >= 4 is 23.6 Å². The van der Waals surface area contributed by atoms with Gasteiger partial charge in [-0.05, 0) is 86.1 Å². The normalized spacial score (nSPS) is 17.2. The van der Waals surface area contributed by atoms with Gasteiger partial charge in [-0.25, -0.2) is 9.18 Å². The summed E-state index contributed by atoms with van der Waals surface area (Å²) in [7, 11) is 0. The van der Waals surface area contributed by atoms with E-state index in [0.717, 1.165) is 60.6 Å². The second-order valence-electron chi connectivity index (χ2n) is 11.8. The number of carboxylic acid groups (broad SMARTS) is 1. The van der Waals surface area contributed by atoms with E-state index in [1.165, 1.54) is 6.07 Å². The number of piperazine rings is 1. The van der Waals surface area contributed by atoms with Crippen LogP contribution in [0.3, 0.4) is 0 Å². The molecule has 1 atom stereocenters. The predicted molar refractivity (Wildman–Crippen MR) is 174 cm³/mol. The maximum Gasteiger partial charge on any atom is 0.405 e. The van der Waals surface area contributed by atoms with Gasteiger partial charge in [-0.15, -0.1) is 0 Å². The minimum Gasteiger partial charge on any atom is -0.493 e. The van der Waals surface area contributed by atoms with Crippen LogP contribution in [0.15, 0.2) is 66.7 Å². The molecule has 2 N–H and O–H groups in total. The Bertz CT molecular complexity index is 1440. The highest BCUT2D eigenvalue weighted by molar-refractivity contribution is 6.31. The van der Waals surface area contributed by atoms with Crippen LogP contribution in [0.5, 0.6) is 5.75 Å². The van der Waals surface area contributed by atoms with E-state index in [4.69, 9.17) is 16.3 Å². The number of carbonyl (C=O) groups is 2. The molecule has 0 aromatic heterocycles. The zero-order chi connectivity index (χ0) is 31.8. The Morgan fingerprint density at radius 3 is 2.38 bits per heavy atom. The summed E-state index contributed by atoms with van der Waals surface area (Å²) < 4.78 is 20.2. The Hall–Kier alpha value is -3.66. The quantitative estimate of drug-likeness (QED) is 0.278. The molecule has 0 bridgehead atoms. The van der Waals surface area contributed by atoms with Crippen molar-refractivity contribution in [1.82, 2.24) is 20.0 Å². The average Bonchev–Trinajstić information content (AvgIpc) is 3.05. The molecule has 5 rings (SSSR count). The van der Waals surface area contributed by atoms with Gasteiger partial charge in [0.25, 0.3) is 0 Å². The molecule has 2 fully saturated rings. The molecule has 8 nitrogen and oxygen atoms in total. The Balaban J connectivity index is 1.13. The van der Waals surface area contributed by atoms with Crippen LogP contribution in [0.25, 0.3) is 11.1 Å². The van der Waals surface area contributed by atoms with E-state index in [0.29, 0.717) is 50.6 Å². The number of amides is 2. The minimum absolute atomic E-state index is 0.0833. The molecule has 3 aromatic carbocycles. The number of hydrogen-bond donors (Lipinski definition) is 2. The second-order valence-corrected chi connectivity index (χ2v) is 12.2. The summed E-state index contributed by atoms with van der Waals surface area (Å²) in [6.45, 7) is 7.16. The lowest BCUT2D eigenvalue weighted by Crippen LogP contribution is -2.58. The lowest BCUT2D eigenvalue weighted by Gasteiger charge is -2.40. The smallest absolute Gasteiger partial charge is 0.405 e. The predicted octanol–water partition coefficient (Wildman–Crippen LogP) is 5.78. The number of piperidine rings is 1. The number of nitrogens with one attached hydrogen (secondary N) is 1. The lowest BCUT2D eigenvalue weighted by atomic mass is 9.88. The van der Waals surface area contributed by atoms with Crippen molar-refractivity contribution in [2.24, 2.45) is 5.92 Å². The first-order valence-corrected chi connectivity index (χ1v) is 16.2. The van der Waals surface area contributed by atoms with Crippen LogP contribution >= 0.6 is 11.6 Å². The van der Waals surface area contributed by atoms with Gasteiger partial charge < -0.3 is 25.0 Å². The van der Waals surface area contributed by atoms with Crippen LogP contribution in [0.4, 0.5) is 9.18 Å². The maximum absolute atomic E-state index is 14.6. The van der Waals surface area contributed by atoms with Gasteiger partial charge in [0.15, 0.2) is 0 Å². The molecule has 2 saturated heterocycles. The molecule has 2 heterocycles. The topological polar surface area (TPSA) is 85.3 Å². The number of likely N-dealkylation sites (tertiary alicyclic amines) is 1. The molecular formula is C35H42ClFN4O4. The number of hydrogen-bond acceptors (Lipinski definition) is 5. The summed E-state index contributed by atoms with van der Waals surface area (Å²) in [6, 6.07) is 20.4. The van der Waals surface area contributed by atoms with Gasteiger partial charge in [0.1, 0.15) is 17.6 Å². The van der Waals surface area contributed by atoms with Gasteiger partial charge in [-0.1, -0.05) is 54.1 Å². The summed E-state index contributed by atoms with van der Waals surface area (Å²) >= 11 is 6.55. The van der Waals surface area contributed by atoms with Crippen molar-refractivity contribution in [3.8, 4) is 16.9 Å². The third-order valence-corrected chi connectivity index (χ3v) is 9.31. The first-order chi connectivity index (χ1) is 21.8. The van der Waals surface area contributed by atoms with Crippen LogP contribution in [-0.2, 0) is 17.8 Å². The molecule has 0 aliphatic carbocycles. The van der Waals surface area contributed by atoms with E-state index < -0.39 is 12.1 Å². The fourth-order valence-corrected chi connectivity index (χ4v) is 6.62. The average molecular weight is 637 g/mol. The summed E-state index contributed by atoms with van der Waals surface area (Å²) in [5, 5.41) is 12.9. The van der Waals surface area contributed by atoms with Crippen molar-refractivity contribution < 1.29 is 23.8 Å². The van der Waals surface area contributed by atoms with Crippen LogP contribution in [0.2, 0.25) is 5.02 Å². The van der Waals surface area contributed by atoms with E-state index >= 15 is 0 Å². The van der Waals surface area contributed by atoms with Gasteiger partial charge >= 0.3 is 6.09 Å². The molecule has 0 spiro atoms. The Labute approximate surface area is 269 Å². The van der Waals surface area contributed by atoms with Gasteiger partial charge in [-0.2, -0.15) is 0 Å². The number of halogens is 2. The first kappa shape index (κ1) is 32.7. The molecule has 2 aliphatic rings. The molecule has 0 radical (unpaired) electrons. The Morgan fingerprint density at radius 1 is 0.956 bits per heavy atom. The summed E-state index contributed by atoms with van der Waals surface area (Å²) in [5.41, 5.74) is 3.91. The van der Waals surface area contributed by atoms with Gasteiger partial charge in [0.05, 0.1) is 6.61 Å². The monoisotopic (exact) mass is 636 g/mol. The Morgan fingerprint density at radius 2 is 1.69 bits per heavy atom. The minimum atomic E-state index is -1.19. The first-order valence-electron chi connectivity index (χ1n) is 15.8. The third-order valence-electron chi connectivity index (χ3n) is 8.94. The molecule has 10 heteroatoms. The molecular weight excluding hydrogens is 595 g/mol. The van der Waals surface area contributed by atoms with E-state index in [1.54, 1.807) is 17.0 Å². The van der Waals surface area contributed by atoms with Crippen molar-refractivity contribution in [3.05, 3.63) is 88.7 Å². The number of ether oxygens (including phenoxy) is 1. The lowest BCUT2D eigenvalue weighted by molar-refractivity contribution is -0.137. The van der Waals surface area contributed by atoms with Crippen LogP contribution in [0.1, 0.15) is 30.9 Å². The zero-order valence-corrected chi connectivity index (χ0v) is 26.5. The zero-order valence-electron chi connectivity index (χ0n) is 25.8. The van der Waals surface area contributed by atoms with Gasteiger partial charge in [-0.3, -0.25) is 9.69 Å². The standard InChI is InChI=1S/C35H42ClFN4O4/c1-2-45-32-10-6-9-31(37)29(32)24-40-19-21-41(22-20-40)34(42)33(38-35(43)44)26-13-16-39(17-14-26)18-15-28-23-27(11-12-30(28)36)25-7-4-3-5-8-25/h3-12,23,26,33,38H,2,13-22,24H2,1H3,(H,43,44). The van der Waals surface area contributed by atoms with Crippen LogP contribution < -0.4 is 10.1 Å². The molecule has 240 valence electrons. The number of carbonyl (C=O) groups excluding carboxylic acids is 1. The number of rotatable bonds is 11. The second kappa shape index (κ2) is 15.6. The molecule has 3 aromatic rings.